The second-order valence-corrected chi connectivity index (χ2v) is 3.55. The zero-order valence-electron chi connectivity index (χ0n) is 4.35. The van der Waals surface area contributed by atoms with Crippen molar-refractivity contribution in [2.75, 3.05) is 0 Å². The van der Waals surface area contributed by atoms with E-state index < -0.39 is 0 Å². The Bertz CT molecular complexity index is 111. The molecule has 0 N–H and O–H groups in total. The zero-order chi connectivity index (χ0) is 5.11. The summed E-state index contributed by atoms with van der Waals surface area (Å²) in [4.78, 5) is 2.28. The summed E-state index contributed by atoms with van der Waals surface area (Å²) in [5, 5.41) is 1.30. The van der Waals surface area contributed by atoms with Crippen LogP contribution in [0.5, 0.6) is 0 Å². The van der Waals surface area contributed by atoms with Crippen LogP contribution in [0.1, 0.15) is 6.92 Å². The summed E-state index contributed by atoms with van der Waals surface area (Å²) in [5.74, 6) is 0. The molecule has 0 amide bonds. The van der Waals surface area contributed by atoms with E-state index in [0.717, 1.165) is 15.0 Å². The minimum atomic E-state index is 0.777. The Morgan fingerprint density at radius 2 is 2.57 bits per heavy atom. The van der Waals surface area contributed by atoms with Crippen molar-refractivity contribution in [3.8, 4) is 0 Å². The van der Waals surface area contributed by atoms with E-state index in [2.05, 4.69) is 24.1 Å². The molecule has 38 valence electrons. The molecule has 0 unspecified atom stereocenters. The van der Waals surface area contributed by atoms with Gasteiger partial charge in [0.2, 0.25) is 0 Å². The summed E-state index contributed by atoms with van der Waals surface area (Å²) in [6, 6.07) is 0. The van der Waals surface area contributed by atoms with E-state index in [-0.39, 0.29) is 0 Å². The average molecular weight is 159 g/mol. The van der Waals surface area contributed by atoms with Crippen molar-refractivity contribution in [3.05, 3.63) is 22.7 Å². The van der Waals surface area contributed by atoms with Gasteiger partial charge in [0.15, 0.2) is 0 Å². The van der Waals surface area contributed by atoms with Gasteiger partial charge in [0.25, 0.3) is 0 Å². The van der Waals surface area contributed by atoms with Crippen LogP contribution in [0.25, 0.3) is 0 Å². The van der Waals surface area contributed by atoms with Crippen molar-refractivity contribution in [3.63, 3.8) is 0 Å². The molecule has 0 aromatic heterocycles. The molecule has 0 aromatic rings. The molecule has 0 saturated heterocycles. The number of rotatable bonds is 0. The second kappa shape index (κ2) is 2.34. The number of hydrogen-bond donors (Lipinski definition) is 0. The van der Waals surface area contributed by atoms with Crippen molar-refractivity contribution in [2.24, 2.45) is 0 Å². The van der Waals surface area contributed by atoms with Gasteiger partial charge in [0.05, 0.1) is 0 Å². The van der Waals surface area contributed by atoms with Gasteiger partial charge in [-0.1, -0.05) is 0 Å². The molecule has 1 aliphatic rings. The van der Waals surface area contributed by atoms with E-state index in [1.807, 2.05) is 0 Å². The Kier molecular flexibility index (Phi) is 1.72. The van der Waals surface area contributed by atoms with E-state index >= 15 is 0 Å². The fourth-order valence-electron chi connectivity index (χ4n) is 0.459. The fourth-order valence-corrected chi connectivity index (χ4v) is 2.10. The number of allylic oxidation sites excluding steroid dienone is 3. The van der Waals surface area contributed by atoms with Crippen molar-refractivity contribution >= 4 is 15.0 Å². The molecular formula is C6H8Se. The van der Waals surface area contributed by atoms with Gasteiger partial charge < -0.3 is 0 Å². The van der Waals surface area contributed by atoms with E-state index in [9.17, 15) is 0 Å². The van der Waals surface area contributed by atoms with Crippen LogP contribution < -0.4 is 0 Å². The predicted molar refractivity (Wildman–Crippen MR) is 33.5 cm³/mol. The van der Waals surface area contributed by atoms with Gasteiger partial charge in [-0.15, -0.1) is 0 Å². The molecule has 1 rings (SSSR count). The summed E-state index contributed by atoms with van der Waals surface area (Å²) in [6.45, 7) is 2.14. The van der Waals surface area contributed by atoms with Crippen LogP contribution in [-0.4, -0.2) is 15.0 Å². The molecule has 0 bridgehead atoms. The van der Waals surface area contributed by atoms with Gasteiger partial charge in [0.1, 0.15) is 0 Å². The zero-order valence-corrected chi connectivity index (χ0v) is 6.06. The Hall–Kier alpha value is -0.000519. The van der Waals surface area contributed by atoms with Crippen LogP contribution in [0.3, 0.4) is 0 Å². The van der Waals surface area contributed by atoms with Crippen molar-refractivity contribution < 1.29 is 0 Å². The third-order valence-corrected chi connectivity index (χ3v) is 2.37. The first kappa shape index (κ1) is 5.14. The van der Waals surface area contributed by atoms with Crippen LogP contribution in [0.2, 0.25) is 5.32 Å². The summed E-state index contributed by atoms with van der Waals surface area (Å²) < 4.78 is 0. The Morgan fingerprint density at radius 1 is 1.71 bits per heavy atom. The molecule has 7 heavy (non-hydrogen) atoms. The fraction of sp³-hybridized carbons (Fsp3) is 0.333. The van der Waals surface area contributed by atoms with Crippen LogP contribution in [0.4, 0.5) is 0 Å². The predicted octanol–water partition coefficient (Wildman–Crippen LogP) is 1.58. The second-order valence-electron chi connectivity index (χ2n) is 1.58. The third kappa shape index (κ3) is 1.50. The maximum absolute atomic E-state index is 2.29. The molecular weight excluding hydrogens is 151 g/mol. The normalized spacial score (nSPS) is 19.3. The number of hydrogen-bond acceptors (Lipinski definition) is 0. The first-order valence-corrected chi connectivity index (χ1v) is 4.54. The van der Waals surface area contributed by atoms with Crippen LogP contribution in [0, 0.1) is 0 Å². The molecule has 0 aliphatic carbocycles. The standard InChI is InChI=1S/C6H8Se/c1-6-2-4-7-5-3-6/h2-4H,5H2,1H3. The van der Waals surface area contributed by atoms with Gasteiger partial charge >= 0.3 is 49.9 Å². The Labute approximate surface area is 50.5 Å². The third-order valence-electron chi connectivity index (χ3n) is 0.929. The van der Waals surface area contributed by atoms with Gasteiger partial charge in [0, 0.05) is 0 Å². The maximum atomic E-state index is 2.29. The minimum absolute atomic E-state index is 0.777. The van der Waals surface area contributed by atoms with E-state index in [0.29, 0.717) is 0 Å². The summed E-state index contributed by atoms with van der Waals surface area (Å²) in [5.41, 5.74) is 1.42. The molecule has 1 heteroatoms. The van der Waals surface area contributed by atoms with E-state index in [1.54, 1.807) is 0 Å². The summed E-state index contributed by atoms with van der Waals surface area (Å²) in [7, 11) is 0. The first-order chi connectivity index (χ1) is 3.39. The summed E-state index contributed by atoms with van der Waals surface area (Å²) >= 11 is 0.777. The Balaban J connectivity index is 2.58. The molecule has 0 atom stereocenters. The van der Waals surface area contributed by atoms with Crippen LogP contribution >= 0.6 is 0 Å². The first-order valence-electron chi connectivity index (χ1n) is 2.34. The van der Waals surface area contributed by atoms with Gasteiger partial charge in [-0.25, -0.2) is 0 Å². The van der Waals surface area contributed by atoms with E-state index in [4.69, 9.17) is 0 Å². The molecule has 1 aliphatic heterocycles. The van der Waals surface area contributed by atoms with Gasteiger partial charge in [-0.05, 0) is 0 Å². The average Bonchev–Trinajstić information content (AvgIpc) is 1.69. The van der Waals surface area contributed by atoms with Crippen molar-refractivity contribution in [1.29, 1.82) is 0 Å². The molecule has 0 aromatic carbocycles. The van der Waals surface area contributed by atoms with Gasteiger partial charge in [-0.3, -0.25) is 0 Å². The molecule has 0 spiro atoms. The molecule has 1 heterocycles. The van der Waals surface area contributed by atoms with E-state index in [1.165, 1.54) is 10.9 Å². The molecule has 0 saturated carbocycles. The van der Waals surface area contributed by atoms with Crippen LogP contribution in [0.15, 0.2) is 22.7 Å². The Morgan fingerprint density at radius 3 is 2.86 bits per heavy atom. The van der Waals surface area contributed by atoms with Gasteiger partial charge in [-0.2, -0.15) is 0 Å². The topological polar surface area (TPSA) is 0 Å². The SMILES string of the molecule is CC1=CC[Se]C=C1. The molecule has 0 radical (unpaired) electrons. The summed E-state index contributed by atoms with van der Waals surface area (Å²) in [6.07, 6.45) is 4.49. The molecule has 0 fully saturated rings. The monoisotopic (exact) mass is 160 g/mol. The van der Waals surface area contributed by atoms with Crippen LogP contribution in [-0.2, 0) is 0 Å². The van der Waals surface area contributed by atoms with Crippen molar-refractivity contribution in [2.45, 2.75) is 12.2 Å². The quantitative estimate of drug-likeness (QED) is 0.471. The molecule has 0 nitrogen and oxygen atoms in total. The van der Waals surface area contributed by atoms with Crippen molar-refractivity contribution in [1.82, 2.24) is 0 Å².